The van der Waals surface area contributed by atoms with E-state index in [4.69, 9.17) is 0 Å². The molecule has 2 rings (SSSR count). The van der Waals surface area contributed by atoms with Crippen LogP contribution in [0.3, 0.4) is 0 Å². The lowest BCUT2D eigenvalue weighted by atomic mass is 10.1. The number of nitrogens with one attached hydrogen (secondary N) is 1. The van der Waals surface area contributed by atoms with Gasteiger partial charge in [-0.25, -0.2) is 0 Å². The van der Waals surface area contributed by atoms with Crippen LogP contribution in [0.4, 0.5) is 0 Å². The molecule has 4 heteroatoms. The van der Waals surface area contributed by atoms with E-state index in [0.29, 0.717) is 0 Å². The molecule has 1 saturated heterocycles. The third-order valence-electron chi connectivity index (χ3n) is 3.49. The molecule has 1 heterocycles. The minimum absolute atomic E-state index is 0. The standard InChI is InChI=1S/C14H21BrN2.ClH/c1-11-7-12(3-4-14(11)15)9-17-6-5-13(10-17)8-16-2;/h3-4,7,13,16H,5-6,8-10H2,1-2H3;1H. The Hall–Kier alpha value is -0.0900. The Bertz CT molecular complexity index is 384. The van der Waals surface area contributed by atoms with Gasteiger partial charge in [0.15, 0.2) is 0 Å². The Morgan fingerprint density at radius 3 is 2.89 bits per heavy atom. The minimum atomic E-state index is 0. The number of rotatable bonds is 4. The molecular formula is C14H22BrClN2. The minimum Gasteiger partial charge on any atom is -0.319 e. The monoisotopic (exact) mass is 332 g/mol. The highest BCUT2D eigenvalue weighted by atomic mass is 79.9. The van der Waals surface area contributed by atoms with Gasteiger partial charge in [0.2, 0.25) is 0 Å². The van der Waals surface area contributed by atoms with Crippen molar-refractivity contribution in [1.29, 1.82) is 0 Å². The zero-order valence-corrected chi connectivity index (χ0v) is 13.5. The van der Waals surface area contributed by atoms with Crippen LogP contribution < -0.4 is 5.32 Å². The summed E-state index contributed by atoms with van der Waals surface area (Å²) in [6.45, 7) is 6.86. The summed E-state index contributed by atoms with van der Waals surface area (Å²) in [5, 5.41) is 3.28. The van der Waals surface area contributed by atoms with Crippen LogP contribution in [0, 0.1) is 12.8 Å². The Kier molecular flexibility index (Phi) is 6.64. The number of benzene rings is 1. The average molecular weight is 334 g/mol. The third kappa shape index (κ3) is 4.23. The van der Waals surface area contributed by atoms with Crippen LogP contribution in [0.5, 0.6) is 0 Å². The fraction of sp³-hybridized carbons (Fsp3) is 0.571. The summed E-state index contributed by atoms with van der Waals surface area (Å²) in [4.78, 5) is 2.56. The van der Waals surface area contributed by atoms with Gasteiger partial charge in [0, 0.05) is 17.6 Å². The second-order valence-electron chi connectivity index (χ2n) is 5.03. The van der Waals surface area contributed by atoms with Crippen molar-refractivity contribution >= 4 is 28.3 Å². The lowest BCUT2D eigenvalue weighted by Crippen LogP contribution is -2.24. The van der Waals surface area contributed by atoms with Gasteiger partial charge in [0.05, 0.1) is 0 Å². The smallest absolute Gasteiger partial charge is 0.0233 e. The van der Waals surface area contributed by atoms with Crippen molar-refractivity contribution in [2.75, 3.05) is 26.7 Å². The van der Waals surface area contributed by atoms with Crippen LogP contribution in [0.15, 0.2) is 22.7 Å². The predicted molar refractivity (Wildman–Crippen MR) is 83.4 cm³/mol. The van der Waals surface area contributed by atoms with Gasteiger partial charge in [0.25, 0.3) is 0 Å². The van der Waals surface area contributed by atoms with Crippen molar-refractivity contribution in [2.24, 2.45) is 5.92 Å². The Morgan fingerprint density at radius 2 is 2.22 bits per heavy atom. The highest BCUT2D eigenvalue weighted by Gasteiger charge is 2.21. The summed E-state index contributed by atoms with van der Waals surface area (Å²) in [5.74, 6) is 0.830. The van der Waals surface area contributed by atoms with E-state index >= 15 is 0 Å². The number of nitrogens with zero attached hydrogens (tertiary/aromatic N) is 1. The van der Waals surface area contributed by atoms with E-state index in [1.807, 2.05) is 7.05 Å². The fourth-order valence-corrected chi connectivity index (χ4v) is 2.82. The summed E-state index contributed by atoms with van der Waals surface area (Å²) in [6, 6.07) is 6.67. The quantitative estimate of drug-likeness (QED) is 0.910. The van der Waals surface area contributed by atoms with Crippen molar-refractivity contribution in [3.05, 3.63) is 33.8 Å². The lowest BCUT2D eigenvalue weighted by Gasteiger charge is -2.16. The van der Waals surface area contributed by atoms with Crippen LogP contribution >= 0.6 is 28.3 Å². The van der Waals surface area contributed by atoms with Crippen LogP contribution in [0.1, 0.15) is 17.5 Å². The van der Waals surface area contributed by atoms with Gasteiger partial charge < -0.3 is 5.32 Å². The van der Waals surface area contributed by atoms with E-state index in [1.165, 1.54) is 35.1 Å². The van der Waals surface area contributed by atoms with Crippen LogP contribution in [-0.2, 0) is 6.54 Å². The maximum atomic E-state index is 3.55. The molecule has 1 fully saturated rings. The Labute approximate surface area is 125 Å². The molecule has 1 atom stereocenters. The van der Waals surface area contributed by atoms with Crippen molar-refractivity contribution in [2.45, 2.75) is 19.9 Å². The van der Waals surface area contributed by atoms with E-state index in [0.717, 1.165) is 19.0 Å². The molecule has 0 aliphatic carbocycles. The molecule has 0 amide bonds. The lowest BCUT2D eigenvalue weighted by molar-refractivity contribution is 0.315. The maximum Gasteiger partial charge on any atom is 0.0233 e. The first-order valence-electron chi connectivity index (χ1n) is 6.31. The van der Waals surface area contributed by atoms with Crippen LogP contribution in [0.25, 0.3) is 0 Å². The Morgan fingerprint density at radius 1 is 1.44 bits per heavy atom. The van der Waals surface area contributed by atoms with Gasteiger partial charge in [-0.2, -0.15) is 0 Å². The molecule has 1 unspecified atom stereocenters. The first kappa shape index (κ1) is 16.0. The van der Waals surface area contributed by atoms with Gasteiger partial charge in [-0.05, 0) is 56.6 Å². The van der Waals surface area contributed by atoms with Gasteiger partial charge in [0.1, 0.15) is 0 Å². The summed E-state index contributed by atoms with van der Waals surface area (Å²) in [7, 11) is 2.04. The molecule has 0 spiro atoms. The van der Waals surface area contributed by atoms with Crippen molar-refractivity contribution < 1.29 is 0 Å². The van der Waals surface area contributed by atoms with Crippen LogP contribution in [-0.4, -0.2) is 31.6 Å². The molecule has 0 radical (unpaired) electrons. The van der Waals surface area contributed by atoms with Gasteiger partial charge in [-0.1, -0.05) is 28.1 Å². The summed E-state index contributed by atoms with van der Waals surface area (Å²) >= 11 is 3.55. The number of likely N-dealkylation sites (tertiary alicyclic amines) is 1. The summed E-state index contributed by atoms with van der Waals surface area (Å²) < 4.78 is 1.20. The number of hydrogen-bond donors (Lipinski definition) is 1. The summed E-state index contributed by atoms with van der Waals surface area (Å²) in [6.07, 6.45) is 1.33. The first-order valence-corrected chi connectivity index (χ1v) is 7.10. The second kappa shape index (κ2) is 7.49. The molecule has 1 aromatic carbocycles. The molecule has 1 aliphatic heterocycles. The number of aryl methyl sites for hydroxylation is 1. The van der Waals surface area contributed by atoms with Gasteiger partial charge in [-0.15, -0.1) is 12.4 Å². The average Bonchev–Trinajstić information content (AvgIpc) is 2.72. The van der Waals surface area contributed by atoms with Crippen molar-refractivity contribution in [1.82, 2.24) is 10.2 Å². The zero-order valence-electron chi connectivity index (χ0n) is 11.1. The zero-order chi connectivity index (χ0) is 12.3. The molecule has 1 aliphatic rings. The van der Waals surface area contributed by atoms with E-state index in [1.54, 1.807) is 0 Å². The van der Waals surface area contributed by atoms with Crippen molar-refractivity contribution in [3.63, 3.8) is 0 Å². The van der Waals surface area contributed by atoms with E-state index in [9.17, 15) is 0 Å². The number of halogens is 2. The van der Waals surface area contributed by atoms with Crippen molar-refractivity contribution in [3.8, 4) is 0 Å². The molecule has 18 heavy (non-hydrogen) atoms. The molecule has 0 saturated carbocycles. The van der Waals surface area contributed by atoms with Gasteiger partial charge in [-0.3, -0.25) is 4.90 Å². The molecule has 102 valence electrons. The predicted octanol–water partition coefficient (Wildman–Crippen LogP) is 3.22. The third-order valence-corrected chi connectivity index (χ3v) is 4.38. The largest absolute Gasteiger partial charge is 0.319 e. The van der Waals surface area contributed by atoms with E-state index < -0.39 is 0 Å². The fourth-order valence-electron chi connectivity index (χ4n) is 2.58. The Balaban J connectivity index is 0.00000162. The number of hydrogen-bond acceptors (Lipinski definition) is 2. The van der Waals surface area contributed by atoms with Gasteiger partial charge >= 0.3 is 0 Å². The molecule has 0 aromatic heterocycles. The van der Waals surface area contributed by atoms with E-state index in [-0.39, 0.29) is 12.4 Å². The maximum absolute atomic E-state index is 3.55. The van der Waals surface area contributed by atoms with Crippen LogP contribution in [0.2, 0.25) is 0 Å². The SMILES string of the molecule is CNCC1CCN(Cc2ccc(Br)c(C)c2)C1.Cl. The topological polar surface area (TPSA) is 15.3 Å². The summed E-state index contributed by atoms with van der Waals surface area (Å²) in [5.41, 5.74) is 2.75. The normalized spacial score (nSPS) is 19.8. The van der Waals surface area contributed by atoms with E-state index in [2.05, 4.69) is 51.3 Å². The molecule has 1 aromatic rings. The molecule has 1 N–H and O–H groups in total. The first-order chi connectivity index (χ1) is 8.19. The second-order valence-corrected chi connectivity index (χ2v) is 5.89. The molecule has 2 nitrogen and oxygen atoms in total. The molecule has 0 bridgehead atoms. The molecular weight excluding hydrogens is 312 g/mol. The highest BCUT2D eigenvalue weighted by Crippen LogP contribution is 2.21. The highest BCUT2D eigenvalue weighted by molar-refractivity contribution is 9.10.